The van der Waals surface area contributed by atoms with E-state index in [1.807, 2.05) is 0 Å². The molecule has 0 aliphatic heterocycles. The number of carboxylic acids is 1. The van der Waals surface area contributed by atoms with Crippen molar-refractivity contribution in [3.05, 3.63) is 23.4 Å². The molecule has 1 aliphatic rings. The Balaban J connectivity index is 2.23. The normalized spacial score (nSPS) is 14.0. The summed E-state index contributed by atoms with van der Waals surface area (Å²) in [6.07, 6.45) is 2.69. The lowest BCUT2D eigenvalue weighted by Gasteiger charge is -2.22. The predicted molar refractivity (Wildman–Crippen MR) is 66.5 cm³/mol. The highest BCUT2D eigenvalue weighted by Gasteiger charge is 2.30. The van der Waals surface area contributed by atoms with Gasteiger partial charge in [-0.2, -0.15) is 5.26 Å². The van der Waals surface area contributed by atoms with Crippen LogP contribution in [0.2, 0.25) is 0 Å². The van der Waals surface area contributed by atoms with Crippen molar-refractivity contribution in [3.63, 3.8) is 0 Å². The molecule has 1 aliphatic carbocycles. The summed E-state index contributed by atoms with van der Waals surface area (Å²) in [4.78, 5) is 17.4. The quantitative estimate of drug-likeness (QED) is 0.858. The first-order valence-electron chi connectivity index (χ1n) is 5.98. The minimum Gasteiger partial charge on any atom is -0.478 e. The van der Waals surface area contributed by atoms with Crippen molar-refractivity contribution in [1.29, 1.82) is 5.26 Å². The Morgan fingerprint density at radius 3 is 2.83 bits per heavy atom. The van der Waals surface area contributed by atoms with Crippen LogP contribution in [-0.4, -0.2) is 28.6 Å². The van der Waals surface area contributed by atoms with Gasteiger partial charge in [0.2, 0.25) is 0 Å². The van der Waals surface area contributed by atoms with Crippen molar-refractivity contribution in [2.75, 3.05) is 11.4 Å². The van der Waals surface area contributed by atoms with Crippen LogP contribution in [0.25, 0.3) is 0 Å². The van der Waals surface area contributed by atoms with Crippen LogP contribution in [0.4, 0.5) is 5.82 Å². The molecular weight excluding hydrogens is 230 g/mol. The van der Waals surface area contributed by atoms with E-state index in [0.717, 1.165) is 18.7 Å². The Hall–Kier alpha value is -2.09. The van der Waals surface area contributed by atoms with Gasteiger partial charge < -0.3 is 10.0 Å². The first-order valence-corrected chi connectivity index (χ1v) is 5.98. The van der Waals surface area contributed by atoms with Crippen molar-refractivity contribution in [1.82, 2.24) is 4.98 Å². The van der Waals surface area contributed by atoms with Crippen LogP contribution >= 0.6 is 0 Å². The Morgan fingerprint density at radius 1 is 1.61 bits per heavy atom. The van der Waals surface area contributed by atoms with Crippen LogP contribution in [0.15, 0.2) is 12.1 Å². The van der Waals surface area contributed by atoms with Crippen LogP contribution in [0, 0.1) is 18.3 Å². The van der Waals surface area contributed by atoms with E-state index in [1.54, 1.807) is 19.1 Å². The fraction of sp³-hybridized carbons (Fsp3) is 0.462. The Labute approximate surface area is 106 Å². The predicted octanol–water partition coefficient (Wildman–Crippen LogP) is 1.97. The molecule has 2 rings (SSSR count). The molecule has 94 valence electrons. The summed E-state index contributed by atoms with van der Waals surface area (Å²) in [5.41, 5.74) is 0.748. The van der Waals surface area contributed by atoms with E-state index in [-0.39, 0.29) is 5.56 Å². The number of rotatable bonds is 5. The lowest BCUT2D eigenvalue weighted by molar-refractivity contribution is 0.0695. The average molecular weight is 245 g/mol. The third-order valence-corrected chi connectivity index (χ3v) is 3.05. The second kappa shape index (κ2) is 5.05. The van der Waals surface area contributed by atoms with E-state index in [9.17, 15) is 4.79 Å². The van der Waals surface area contributed by atoms with E-state index < -0.39 is 5.97 Å². The fourth-order valence-electron chi connectivity index (χ4n) is 1.97. The first kappa shape index (κ1) is 12.4. The Kier molecular flexibility index (Phi) is 3.47. The van der Waals surface area contributed by atoms with Gasteiger partial charge in [-0.25, -0.2) is 9.78 Å². The van der Waals surface area contributed by atoms with Crippen molar-refractivity contribution in [2.45, 2.75) is 32.2 Å². The molecule has 0 unspecified atom stereocenters. The first-order chi connectivity index (χ1) is 8.63. The Morgan fingerprint density at radius 2 is 2.33 bits per heavy atom. The zero-order valence-electron chi connectivity index (χ0n) is 10.3. The standard InChI is InChI=1S/C13H15N3O2/c1-9-11(13(17)18)5-6-12(15-9)16(8-2-7-14)10-3-4-10/h5-6,10H,2-4,8H2,1H3,(H,17,18). The summed E-state index contributed by atoms with van der Waals surface area (Å²) in [5.74, 6) is -0.184. The second-order valence-electron chi connectivity index (χ2n) is 4.44. The van der Waals surface area contributed by atoms with Gasteiger partial charge in [0.05, 0.1) is 23.7 Å². The summed E-state index contributed by atoms with van der Waals surface area (Å²) in [5, 5.41) is 17.6. The van der Waals surface area contributed by atoms with E-state index in [4.69, 9.17) is 10.4 Å². The van der Waals surface area contributed by atoms with Crippen LogP contribution in [0.5, 0.6) is 0 Å². The van der Waals surface area contributed by atoms with Crippen LogP contribution in [-0.2, 0) is 0 Å². The number of aromatic carboxylic acids is 1. The van der Waals surface area contributed by atoms with Gasteiger partial charge in [0, 0.05) is 12.6 Å². The summed E-state index contributed by atoms with van der Waals surface area (Å²) in [6, 6.07) is 5.90. The lowest BCUT2D eigenvalue weighted by Crippen LogP contribution is -2.27. The third kappa shape index (κ3) is 2.59. The second-order valence-corrected chi connectivity index (χ2v) is 4.44. The molecule has 1 fully saturated rings. The minimum absolute atomic E-state index is 0.231. The van der Waals surface area contributed by atoms with Gasteiger partial charge in [0.25, 0.3) is 0 Å². The van der Waals surface area contributed by atoms with Gasteiger partial charge in [-0.15, -0.1) is 0 Å². The van der Waals surface area contributed by atoms with Gasteiger partial charge in [-0.3, -0.25) is 0 Å². The van der Waals surface area contributed by atoms with Gasteiger partial charge in [-0.05, 0) is 31.9 Å². The highest BCUT2D eigenvalue weighted by molar-refractivity contribution is 5.89. The molecule has 1 aromatic heterocycles. The summed E-state index contributed by atoms with van der Waals surface area (Å²) in [6.45, 7) is 2.35. The zero-order valence-corrected chi connectivity index (χ0v) is 10.3. The number of aryl methyl sites for hydroxylation is 1. The fourth-order valence-corrected chi connectivity index (χ4v) is 1.97. The van der Waals surface area contributed by atoms with Gasteiger partial charge in [0.15, 0.2) is 0 Å². The van der Waals surface area contributed by atoms with Crippen LogP contribution < -0.4 is 4.90 Å². The van der Waals surface area contributed by atoms with Crippen LogP contribution in [0.3, 0.4) is 0 Å². The van der Waals surface area contributed by atoms with Crippen LogP contribution in [0.1, 0.15) is 35.3 Å². The van der Waals surface area contributed by atoms with E-state index in [0.29, 0.717) is 24.7 Å². The molecule has 5 heteroatoms. The molecule has 1 heterocycles. The average Bonchev–Trinajstić information content (AvgIpc) is 3.13. The molecule has 1 saturated carbocycles. The topological polar surface area (TPSA) is 77.2 Å². The monoisotopic (exact) mass is 245 g/mol. The largest absolute Gasteiger partial charge is 0.478 e. The Bertz CT molecular complexity index is 503. The number of carboxylic acid groups (broad SMARTS) is 1. The van der Waals surface area contributed by atoms with Gasteiger partial charge in [0.1, 0.15) is 5.82 Å². The third-order valence-electron chi connectivity index (χ3n) is 3.05. The number of hydrogen-bond acceptors (Lipinski definition) is 4. The number of anilines is 1. The van der Waals surface area contributed by atoms with Crippen molar-refractivity contribution in [3.8, 4) is 6.07 Å². The number of hydrogen-bond donors (Lipinski definition) is 1. The van der Waals surface area contributed by atoms with Gasteiger partial charge in [-0.1, -0.05) is 0 Å². The zero-order chi connectivity index (χ0) is 13.1. The van der Waals surface area contributed by atoms with E-state index >= 15 is 0 Å². The number of nitriles is 1. The maximum atomic E-state index is 10.9. The van der Waals surface area contributed by atoms with Gasteiger partial charge >= 0.3 is 5.97 Å². The molecule has 0 spiro atoms. The van der Waals surface area contributed by atoms with Crippen molar-refractivity contribution >= 4 is 11.8 Å². The molecule has 0 atom stereocenters. The number of pyridine rings is 1. The van der Waals surface area contributed by atoms with Crippen molar-refractivity contribution in [2.24, 2.45) is 0 Å². The van der Waals surface area contributed by atoms with E-state index in [2.05, 4.69) is 16.0 Å². The molecule has 1 aromatic rings. The number of nitrogens with zero attached hydrogens (tertiary/aromatic N) is 3. The van der Waals surface area contributed by atoms with E-state index in [1.165, 1.54) is 0 Å². The number of aromatic nitrogens is 1. The molecular formula is C13H15N3O2. The highest BCUT2D eigenvalue weighted by atomic mass is 16.4. The molecule has 5 nitrogen and oxygen atoms in total. The minimum atomic E-state index is -0.957. The molecule has 0 aromatic carbocycles. The molecule has 0 radical (unpaired) electrons. The molecule has 0 saturated heterocycles. The highest BCUT2D eigenvalue weighted by Crippen LogP contribution is 2.31. The SMILES string of the molecule is Cc1nc(N(CCC#N)C2CC2)ccc1C(=O)O. The molecule has 18 heavy (non-hydrogen) atoms. The smallest absolute Gasteiger partial charge is 0.337 e. The molecule has 1 N–H and O–H groups in total. The summed E-state index contributed by atoms with van der Waals surface area (Å²) in [7, 11) is 0. The lowest BCUT2D eigenvalue weighted by atomic mass is 10.2. The maximum absolute atomic E-state index is 10.9. The molecule has 0 amide bonds. The maximum Gasteiger partial charge on any atom is 0.337 e. The summed E-state index contributed by atoms with van der Waals surface area (Å²) >= 11 is 0. The summed E-state index contributed by atoms with van der Waals surface area (Å²) < 4.78 is 0. The van der Waals surface area contributed by atoms with Crippen molar-refractivity contribution < 1.29 is 9.90 Å². The molecule has 0 bridgehead atoms. The number of carbonyl (C=O) groups is 1.